The molecule has 5 nitrogen and oxygen atoms in total. The molecule has 1 aromatic carbocycles. The Kier molecular flexibility index (Phi) is 8.61. The van der Waals surface area contributed by atoms with Gasteiger partial charge in [0, 0.05) is 45.3 Å². The smallest absolute Gasteiger partial charge is 0.161 e. The summed E-state index contributed by atoms with van der Waals surface area (Å²) in [7, 11) is 3.88. The molecule has 1 aliphatic heterocycles. The average molecular weight is 376 g/mol. The van der Waals surface area contributed by atoms with Gasteiger partial charge in [-0.15, -0.1) is 0 Å². The van der Waals surface area contributed by atoms with Crippen LogP contribution in [0.2, 0.25) is 0 Å². The molecule has 1 N–H and O–H groups in total. The van der Waals surface area contributed by atoms with Crippen molar-refractivity contribution >= 4 is 0 Å². The molecule has 1 aromatic rings. The molecule has 2 rings (SSSR count). The zero-order valence-corrected chi connectivity index (χ0v) is 17.8. The summed E-state index contributed by atoms with van der Waals surface area (Å²) in [6.45, 7) is 17.5. The van der Waals surface area contributed by atoms with Gasteiger partial charge in [0.15, 0.2) is 11.5 Å². The molecule has 0 spiro atoms. The molecule has 1 heterocycles. The molecule has 1 unspecified atom stereocenters. The average Bonchev–Trinajstić information content (AvgIpc) is 2.64. The predicted octanol–water partition coefficient (Wildman–Crippen LogP) is 3.01. The first kappa shape index (κ1) is 21.7. The van der Waals surface area contributed by atoms with Crippen LogP contribution in [0.15, 0.2) is 30.4 Å². The fraction of sp³-hybridized carbons (Fsp3) is 0.636. The summed E-state index contributed by atoms with van der Waals surface area (Å²) >= 11 is 0. The normalized spacial score (nSPS) is 17.1. The fourth-order valence-corrected chi connectivity index (χ4v) is 3.45. The van der Waals surface area contributed by atoms with E-state index in [0.717, 1.165) is 56.3 Å². The first-order valence-electron chi connectivity index (χ1n) is 9.98. The number of methoxy groups -OCH3 is 1. The molecule has 0 aliphatic carbocycles. The van der Waals surface area contributed by atoms with Crippen LogP contribution in [0.25, 0.3) is 0 Å². The lowest BCUT2D eigenvalue weighted by Gasteiger charge is -2.40. The van der Waals surface area contributed by atoms with E-state index < -0.39 is 0 Å². The molecule has 1 fully saturated rings. The SMILES string of the molecule is C=C(C)COc1cc(CNCC(C(C)C)N2CCN(C)CC2)ccc1OC. The van der Waals surface area contributed by atoms with Crippen molar-refractivity contribution in [2.24, 2.45) is 5.92 Å². The van der Waals surface area contributed by atoms with E-state index in [0.29, 0.717) is 18.6 Å². The van der Waals surface area contributed by atoms with E-state index in [-0.39, 0.29) is 0 Å². The Morgan fingerprint density at radius 1 is 1.19 bits per heavy atom. The van der Waals surface area contributed by atoms with Gasteiger partial charge in [0.05, 0.1) is 7.11 Å². The van der Waals surface area contributed by atoms with Crippen LogP contribution >= 0.6 is 0 Å². The molecule has 1 atom stereocenters. The Bertz CT molecular complexity index is 595. The third-order valence-electron chi connectivity index (χ3n) is 5.16. The number of hydrogen-bond acceptors (Lipinski definition) is 5. The molecule has 152 valence electrons. The molecule has 5 heteroatoms. The van der Waals surface area contributed by atoms with E-state index in [4.69, 9.17) is 9.47 Å². The van der Waals surface area contributed by atoms with Gasteiger partial charge in [-0.25, -0.2) is 0 Å². The number of hydrogen-bond donors (Lipinski definition) is 1. The topological polar surface area (TPSA) is 37.0 Å². The second kappa shape index (κ2) is 10.7. The maximum absolute atomic E-state index is 5.84. The van der Waals surface area contributed by atoms with Gasteiger partial charge in [0.1, 0.15) is 6.61 Å². The summed E-state index contributed by atoms with van der Waals surface area (Å²) < 4.78 is 11.2. The van der Waals surface area contributed by atoms with Crippen LogP contribution in [0, 0.1) is 5.92 Å². The van der Waals surface area contributed by atoms with Gasteiger partial charge in [0.25, 0.3) is 0 Å². The minimum Gasteiger partial charge on any atom is -0.493 e. The van der Waals surface area contributed by atoms with Gasteiger partial charge in [-0.3, -0.25) is 4.90 Å². The Labute approximate surface area is 165 Å². The zero-order valence-electron chi connectivity index (χ0n) is 17.8. The second-order valence-electron chi connectivity index (χ2n) is 8.01. The molecule has 1 aliphatic rings. The molecule has 0 aromatic heterocycles. The first-order valence-corrected chi connectivity index (χ1v) is 9.98. The van der Waals surface area contributed by atoms with Crippen LogP contribution < -0.4 is 14.8 Å². The molecule has 0 radical (unpaired) electrons. The molecule has 1 saturated heterocycles. The predicted molar refractivity (Wildman–Crippen MR) is 113 cm³/mol. The Morgan fingerprint density at radius 2 is 1.89 bits per heavy atom. The molecule has 27 heavy (non-hydrogen) atoms. The lowest BCUT2D eigenvalue weighted by atomic mass is 10.0. The summed E-state index contributed by atoms with van der Waals surface area (Å²) in [5.41, 5.74) is 2.20. The number of benzene rings is 1. The standard InChI is InChI=1S/C22H37N3O2/c1-17(2)16-27-22-13-19(7-8-21(22)26-6)14-23-15-20(18(3)4)25-11-9-24(5)10-12-25/h7-8,13,18,20,23H,1,9-12,14-16H2,2-6H3. The van der Waals surface area contributed by atoms with Crippen molar-refractivity contribution in [1.82, 2.24) is 15.1 Å². The number of likely N-dealkylation sites (N-methyl/N-ethyl adjacent to an activating group) is 1. The molecule has 0 saturated carbocycles. The van der Waals surface area contributed by atoms with Gasteiger partial charge in [0.2, 0.25) is 0 Å². The van der Waals surface area contributed by atoms with Gasteiger partial charge in [-0.1, -0.05) is 26.5 Å². The van der Waals surface area contributed by atoms with Crippen LogP contribution in [0.1, 0.15) is 26.3 Å². The maximum Gasteiger partial charge on any atom is 0.161 e. The number of nitrogens with zero attached hydrogens (tertiary/aromatic N) is 2. The Balaban J connectivity index is 1.92. The van der Waals surface area contributed by atoms with Gasteiger partial charge in [-0.05, 0) is 43.2 Å². The van der Waals surface area contributed by atoms with Crippen LogP contribution in [-0.2, 0) is 6.54 Å². The largest absolute Gasteiger partial charge is 0.493 e. The van der Waals surface area contributed by atoms with Crippen molar-refractivity contribution in [3.8, 4) is 11.5 Å². The number of ether oxygens (including phenoxy) is 2. The monoisotopic (exact) mass is 375 g/mol. The second-order valence-corrected chi connectivity index (χ2v) is 8.01. The highest BCUT2D eigenvalue weighted by atomic mass is 16.5. The van der Waals surface area contributed by atoms with E-state index in [1.54, 1.807) is 7.11 Å². The van der Waals surface area contributed by atoms with E-state index in [9.17, 15) is 0 Å². The lowest BCUT2D eigenvalue weighted by Crippen LogP contribution is -2.53. The van der Waals surface area contributed by atoms with Crippen LogP contribution in [0.3, 0.4) is 0 Å². The van der Waals surface area contributed by atoms with Crippen molar-refractivity contribution in [1.29, 1.82) is 0 Å². The lowest BCUT2D eigenvalue weighted by molar-refractivity contribution is 0.0875. The summed E-state index contributed by atoms with van der Waals surface area (Å²) in [5, 5.41) is 3.65. The molecular formula is C22H37N3O2. The van der Waals surface area contributed by atoms with Crippen LogP contribution in [-0.4, -0.2) is 69.3 Å². The number of rotatable bonds is 10. The summed E-state index contributed by atoms with van der Waals surface area (Å²) in [6, 6.07) is 6.70. The fourth-order valence-electron chi connectivity index (χ4n) is 3.45. The maximum atomic E-state index is 5.84. The summed E-state index contributed by atoms with van der Waals surface area (Å²) in [6.07, 6.45) is 0. The molecule has 0 bridgehead atoms. The third kappa shape index (κ3) is 6.83. The van der Waals surface area contributed by atoms with Crippen molar-refractivity contribution in [2.45, 2.75) is 33.4 Å². The van der Waals surface area contributed by atoms with Crippen LogP contribution in [0.4, 0.5) is 0 Å². The highest BCUT2D eigenvalue weighted by molar-refractivity contribution is 5.43. The van der Waals surface area contributed by atoms with Crippen molar-refractivity contribution in [3.05, 3.63) is 35.9 Å². The zero-order chi connectivity index (χ0) is 19.8. The van der Waals surface area contributed by atoms with Gasteiger partial charge < -0.3 is 19.7 Å². The minimum absolute atomic E-state index is 0.506. The highest BCUT2D eigenvalue weighted by Gasteiger charge is 2.24. The minimum atomic E-state index is 0.506. The quantitative estimate of drug-likeness (QED) is 0.636. The van der Waals surface area contributed by atoms with E-state index in [1.165, 1.54) is 5.56 Å². The molecular weight excluding hydrogens is 338 g/mol. The van der Waals surface area contributed by atoms with Gasteiger partial charge in [-0.2, -0.15) is 0 Å². The van der Waals surface area contributed by atoms with Crippen molar-refractivity contribution < 1.29 is 9.47 Å². The first-order chi connectivity index (χ1) is 12.9. The third-order valence-corrected chi connectivity index (χ3v) is 5.16. The van der Waals surface area contributed by atoms with Crippen molar-refractivity contribution in [2.75, 3.05) is 53.5 Å². The number of nitrogens with one attached hydrogen (secondary N) is 1. The molecule has 0 amide bonds. The van der Waals surface area contributed by atoms with E-state index in [2.05, 4.69) is 54.7 Å². The number of piperazine rings is 1. The summed E-state index contributed by atoms with van der Waals surface area (Å²) in [4.78, 5) is 5.04. The van der Waals surface area contributed by atoms with Crippen LogP contribution in [0.5, 0.6) is 11.5 Å². The van der Waals surface area contributed by atoms with E-state index in [1.807, 2.05) is 13.0 Å². The highest BCUT2D eigenvalue weighted by Crippen LogP contribution is 2.28. The Hall–Kier alpha value is -1.56. The Morgan fingerprint density at radius 3 is 2.48 bits per heavy atom. The van der Waals surface area contributed by atoms with Gasteiger partial charge >= 0.3 is 0 Å². The van der Waals surface area contributed by atoms with Crippen molar-refractivity contribution in [3.63, 3.8) is 0 Å². The van der Waals surface area contributed by atoms with E-state index >= 15 is 0 Å². The summed E-state index contributed by atoms with van der Waals surface area (Å²) in [5.74, 6) is 2.17.